The summed E-state index contributed by atoms with van der Waals surface area (Å²) in [6, 6.07) is 8.59. The number of aromatic nitrogens is 1. The second-order valence-corrected chi connectivity index (χ2v) is 6.53. The summed E-state index contributed by atoms with van der Waals surface area (Å²) in [7, 11) is 0. The van der Waals surface area contributed by atoms with Crippen molar-refractivity contribution in [3.8, 4) is 0 Å². The van der Waals surface area contributed by atoms with Crippen molar-refractivity contribution in [2.75, 3.05) is 0 Å². The Labute approximate surface area is 134 Å². The molecule has 1 atom stereocenters. The molecule has 0 aliphatic carbocycles. The minimum absolute atomic E-state index is 0.123. The van der Waals surface area contributed by atoms with E-state index in [0.717, 1.165) is 25.8 Å². The summed E-state index contributed by atoms with van der Waals surface area (Å²) in [6.45, 7) is 0. The van der Waals surface area contributed by atoms with Gasteiger partial charge in [0.15, 0.2) is 0 Å². The van der Waals surface area contributed by atoms with Gasteiger partial charge >= 0.3 is 0 Å². The molecule has 0 saturated heterocycles. The molecule has 0 aliphatic rings. The van der Waals surface area contributed by atoms with Crippen LogP contribution < -0.4 is 11.3 Å². The summed E-state index contributed by atoms with van der Waals surface area (Å²) in [5.74, 6) is 5.42. The zero-order valence-electron chi connectivity index (χ0n) is 11.0. The minimum Gasteiger partial charge on any atom is -0.271 e. The Balaban J connectivity index is 1.92. The van der Waals surface area contributed by atoms with Crippen molar-refractivity contribution in [2.24, 2.45) is 5.84 Å². The smallest absolute Gasteiger partial charge is 0.123 e. The standard InChI is InChI=1S/C15H13BrFN3S/c16-12-2-1-11(17)5-9(12)6-14(20-18)10-7-15-13(19-8-10)3-4-21-15/h1-5,7-8,14,20H,6,18H2. The minimum atomic E-state index is -0.254. The predicted molar refractivity (Wildman–Crippen MR) is 87.5 cm³/mol. The zero-order chi connectivity index (χ0) is 14.8. The maximum atomic E-state index is 13.4. The zero-order valence-corrected chi connectivity index (χ0v) is 13.4. The third-order valence-electron chi connectivity index (χ3n) is 3.36. The highest BCUT2D eigenvalue weighted by Crippen LogP contribution is 2.27. The molecule has 0 radical (unpaired) electrons. The van der Waals surface area contributed by atoms with Crippen LogP contribution in [0.4, 0.5) is 4.39 Å². The van der Waals surface area contributed by atoms with Crippen LogP contribution in [-0.2, 0) is 6.42 Å². The number of hydrogen-bond donors (Lipinski definition) is 2. The van der Waals surface area contributed by atoms with Crippen molar-refractivity contribution in [1.29, 1.82) is 0 Å². The Morgan fingerprint density at radius 2 is 2.19 bits per heavy atom. The summed E-state index contributed by atoms with van der Waals surface area (Å²) < 4.78 is 15.4. The van der Waals surface area contributed by atoms with Crippen LogP contribution in [0, 0.1) is 5.82 Å². The van der Waals surface area contributed by atoms with Gasteiger partial charge in [0.05, 0.1) is 16.3 Å². The third-order valence-corrected chi connectivity index (χ3v) is 4.99. The van der Waals surface area contributed by atoms with Gasteiger partial charge in [-0.3, -0.25) is 16.3 Å². The van der Waals surface area contributed by atoms with E-state index in [-0.39, 0.29) is 11.9 Å². The van der Waals surface area contributed by atoms with E-state index in [1.165, 1.54) is 12.1 Å². The molecular formula is C15H13BrFN3S. The monoisotopic (exact) mass is 365 g/mol. The van der Waals surface area contributed by atoms with Gasteiger partial charge in [0, 0.05) is 10.7 Å². The highest BCUT2D eigenvalue weighted by atomic mass is 79.9. The number of fused-ring (bicyclic) bond motifs is 1. The fourth-order valence-electron chi connectivity index (χ4n) is 2.24. The lowest BCUT2D eigenvalue weighted by Gasteiger charge is -2.17. The topological polar surface area (TPSA) is 50.9 Å². The van der Waals surface area contributed by atoms with Gasteiger partial charge in [-0.2, -0.15) is 0 Å². The first-order valence-corrected chi connectivity index (χ1v) is 8.08. The number of hydrazine groups is 1. The second kappa shape index (κ2) is 6.19. The Bertz CT molecular complexity index is 774. The molecule has 108 valence electrons. The van der Waals surface area contributed by atoms with E-state index in [9.17, 15) is 4.39 Å². The van der Waals surface area contributed by atoms with Gasteiger partial charge in [-0.05, 0) is 53.3 Å². The van der Waals surface area contributed by atoms with E-state index < -0.39 is 0 Å². The van der Waals surface area contributed by atoms with Crippen molar-refractivity contribution in [3.05, 3.63) is 63.3 Å². The van der Waals surface area contributed by atoms with Crippen LogP contribution in [0.25, 0.3) is 10.2 Å². The molecule has 0 fully saturated rings. The molecule has 3 aromatic rings. The molecule has 0 saturated carbocycles. The number of thiophene rings is 1. The number of hydrogen-bond acceptors (Lipinski definition) is 4. The molecule has 0 bridgehead atoms. The van der Waals surface area contributed by atoms with Crippen LogP contribution in [0.2, 0.25) is 0 Å². The molecule has 2 heterocycles. The van der Waals surface area contributed by atoms with Crippen molar-refractivity contribution < 1.29 is 4.39 Å². The molecule has 3 N–H and O–H groups in total. The molecule has 1 aromatic carbocycles. The van der Waals surface area contributed by atoms with Gasteiger partial charge in [-0.25, -0.2) is 4.39 Å². The number of pyridine rings is 1. The third kappa shape index (κ3) is 3.13. The Morgan fingerprint density at radius 1 is 1.33 bits per heavy atom. The summed E-state index contributed by atoms with van der Waals surface area (Å²) in [5, 5.41) is 2.01. The van der Waals surface area contributed by atoms with Crippen LogP contribution in [0.15, 0.2) is 46.4 Å². The van der Waals surface area contributed by atoms with Crippen LogP contribution in [0.3, 0.4) is 0 Å². The lowest BCUT2D eigenvalue weighted by molar-refractivity contribution is 0.547. The fraction of sp³-hybridized carbons (Fsp3) is 0.133. The van der Waals surface area contributed by atoms with Crippen LogP contribution in [-0.4, -0.2) is 4.98 Å². The summed E-state index contributed by atoms with van der Waals surface area (Å²) in [4.78, 5) is 4.42. The Morgan fingerprint density at radius 3 is 3.00 bits per heavy atom. The van der Waals surface area contributed by atoms with Crippen molar-refractivity contribution in [2.45, 2.75) is 12.5 Å². The average molecular weight is 366 g/mol. The van der Waals surface area contributed by atoms with Crippen LogP contribution in [0.1, 0.15) is 17.2 Å². The van der Waals surface area contributed by atoms with Gasteiger partial charge in [0.2, 0.25) is 0 Å². The molecule has 3 rings (SSSR count). The van der Waals surface area contributed by atoms with E-state index in [1.807, 2.05) is 17.6 Å². The quantitative estimate of drug-likeness (QED) is 0.543. The number of nitrogens with zero attached hydrogens (tertiary/aromatic N) is 1. The molecule has 0 spiro atoms. The summed E-state index contributed by atoms with van der Waals surface area (Å²) in [5.41, 5.74) is 5.62. The molecule has 3 nitrogen and oxygen atoms in total. The molecule has 21 heavy (non-hydrogen) atoms. The first kappa shape index (κ1) is 14.6. The van der Waals surface area contributed by atoms with Crippen molar-refractivity contribution in [3.63, 3.8) is 0 Å². The second-order valence-electron chi connectivity index (χ2n) is 4.73. The molecule has 0 aliphatic heterocycles. The van der Waals surface area contributed by atoms with E-state index in [0.29, 0.717) is 6.42 Å². The van der Waals surface area contributed by atoms with Gasteiger partial charge in [0.1, 0.15) is 5.82 Å². The molecule has 1 unspecified atom stereocenters. The van der Waals surface area contributed by atoms with Gasteiger partial charge in [-0.15, -0.1) is 11.3 Å². The van der Waals surface area contributed by atoms with Crippen LogP contribution in [0.5, 0.6) is 0 Å². The molecular weight excluding hydrogens is 353 g/mol. The maximum Gasteiger partial charge on any atom is 0.123 e. The molecule has 0 amide bonds. The molecule has 2 aromatic heterocycles. The van der Waals surface area contributed by atoms with Crippen molar-refractivity contribution >= 4 is 37.5 Å². The maximum absolute atomic E-state index is 13.4. The number of halogens is 2. The normalized spacial score (nSPS) is 12.7. The first-order chi connectivity index (χ1) is 10.2. The number of rotatable bonds is 4. The van der Waals surface area contributed by atoms with Gasteiger partial charge in [0.25, 0.3) is 0 Å². The number of nitrogens with one attached hydrogen (secondary N) is 1. The lowest BCUT2D eigenvalue weighted by atomic mass is 10.0. The summed E-state index contributed by atoms with van der Waals surface area (Å²) in [6.07, 6.45) is 2.39. The Hall–Kier alpha value is -1.34. The summed E-state index contributed by atoms with van der Waals surface area (Å²) >= 11 is 5.09. The highest BCUT2D eigenvalue weighted by molar-refractivity contribution is 9.10. The van der Waals surface area contributed by atoms with Crippen LogP contribution >= 0.6 is 27.3 Å². The van der Waals surface area contributed by atoms with E-state index >= 15 is 0 Å². The SMILES string of the molecule is NNC(Cc1cc(F)ccc1Br)c1cnc2ccsc2c1. The lowest BCUT2D eigenvalue weighted by Crippen LogP contribution is -2.29. The average Bonchev–Trinajstić information content (AvgIpc) is 2.95. The predicted octanol–water partition coefficient (Wildman–Crippen LogP) is 3.95. The molecule has 6 heteroatoms. The van der Waals surface area contributed by atoms with E-state index in [1.54, 1.807) is 17.4 Å². The van der Waals surface area contributed by atoms with Gasteiger partial charge < -0.3 is 0 Å². The van der Waals surface area contributed by atoms with E-state index in [4.69, 9.17) is 5.84 Å². The number of nitrogens with two attached hydrogens (primary N) is 1. The largest absolute Gasteiger partial charge is 0.271 e. The first-order valence-electron chi connectivity index (χ1n) is 6.40. The Kier molecular flexibility index (Phi) is 4.30. The van der Waals surface area contributed by atoms with Gasteiger partial charge in [-0.1, -0.05) is 15.9 Å². The highest BCUT2D eigenvalue weighted by Gasteiger charge is 2.14. The fourth-order valence-corrected chi connectivity index (χ4v) is 3.44. The number of benzene rings is 1. The van der Waals surface area contributed by atoms with Crippen molar-refractivity contribution in [1.82, 2.24) is 10.4 Å². The van der Waals surface area contributed by atoms with E-state index in [2.05, 4.69) is 32.4 Å².